The van der Waals surface area contributed by atoms with E-state index in [-0.39, 0.29) is 30.4 Å². The van der Waals surface area contributed by atoms with Gasteiger partial charge in [-0.3, -0.25) is 9.59 Å². The van der Waals surface area contributed by atoms with Gasteiger partial charge in [0.2, 0.25) is 18.6 Å². The second-order valence-corrected chi connectivity index (χ2v) is 18.1. The fraction of sp³-hybridized carbons (Fsp3) is 0.500. The topological polar surface area (TPSA) is 176 Å². The Morgan fingerprint density at radius 2 is 1.25 bits per heavy atom. The second-order valence-electron chi connectivity index (χ2n) is 18.1. The molecule has 2 aliphatic carbocycles. The highest BCUT2D eigenvalue weighted by Gasteiger charge is 2.58. The number of imidazole rings is 2. The Morgan fingerprint density at radius 1 is 0.738 bits per heavy atom. The molecule has 2 saturated carbocycles. The summed E-state index contributed by atoms with van der Waals surface area (Å²) in [5, 5.41) is 5.95. The van der Waals surface area contributed by atoms with E-state index in [0.717, 1.165) is 83.8 Å². The van der Waals surface area contributed by atoms with Gasteiger partial charge in [-0.1, -0.05) is 52.0 Å². The van der Waals surface area contributed by atoms with Crippen LogP contribution in [0, 0.1) is 23.7 Å². The third kappa shape index (κ3) is 6.76. The van der Waals surface area contributed by atoms with Gasteiger partial charge in [0.05, 0.1) is 38.0 Å². The van der Waals surface area contributed by atoms with Crippen LogP contribution < -0.4 is 20.1 Å². The fourth-order valence-corrected chi connectivity index (χ4v) is 10.7. The van der Waals surface area contributed by atoms with Crippen molar-refractivity contribution in [1.29, 1.82) is 0 Å². The molecule has 4 fully saturated rings. The zero-order valence-electron chi connectivity index (χ0n) is 35.8. The summed E-state index contributed by atoms with van der Waals surface area (Å²) >= 11 is 0. The lowest BCUT2D eigenvalue weighted by molar-refractivity contribution is -0.141. The molecule has 3 aliphatic heterocycles. The smallest absolute Gasteiger partial charge is 0.407 e. The van der Waals surface area contributed by atoms with Crippen LogP contribution in [0.2, 0.25) is 0 Å². The van der Waals surface area contributed by atoms with Crippen LogP contribution in [0.3, 0.4) is 0 Å². The second kappa shape index (κ2) is 15.5. The SMILES string of the molecule is C=C(N[C@H](C(=O)N1C[C@H]2CC[C@@]1(c1ncc(-c3ccc(-c4ccc(-c5cnc([C@@]67CC[C@H](CN6C(=O)[C@@H](NC(=O)OC)C(C)C)C7)[nH]5)c5c4OCO5)cc3)[nH]1)C2)C(C)C)OC. The Kier molecular flexibility index (Phi) is 10.3. The number of nitrogens with zero attached hydrogens (tertiary/aromatic N) is 4. The molecule has 61 heavy (non-hydrogen) atoms. The zero-order valence-corrected chi connectivity index (χ0v) is 35.8. The van der Waals surface area contributed by atoms with Crippen LogP contribution in [0.15, 0.2) is 61.3 Å². The highest BCUT2D eigenvalue weighted by Crippen LogP contribution is 2.55. The number of piperidine rings is 2. The number of ether oxygens (including phenoxy) is 4. The average molecular weight is 833 g/mol. The van der Waals surface area contributed by atoms with Crippen molar-refractivity contribution in [1.82, 2.24) is 40.4 Å². The summed E-state index contributed by atoms with van der Waals surface area (Å²) in [6, 6.07) is 11.2. The molecular formula is C46H56N8O7. The summed E-state index contributed by atoms with van der Waals surface area (Å²) in [4.78, 5) is 61.3. The van der Waals surface area contributed by atoms with Crippen molar-refractivity contribution in [2.45, 2.75) is 89.4 Å². The van der Waals surface area contributed by atoms with Gasteiger partial charge in [-0.25, -0.2) is 14.8 Å². The van der Waals surface area contributed by atoms with E-state index in [1.165, 1.54) is 7.11 Å². The largest absolute Gasteiger partial charge is 0.483 e. The van der Waals surface area contributed by atoms with E-state index in [4.69, 9.17) is 28.9 Å². The van der Waals surface area contributed by atoms with E-state index in [0.29, 0.717) is 42.3 Å². The Morgan fingerprint density at radius 3 is 1.79 bits per heavy atom. The molecule has 322 valence electrons. The van der Waals surface area contributed by atoms with E-state index in [9.17, 15) is 14.4 Å². The van der Waals surface area contributed by atoms with Crippen LogP contribution in [0.5, 0.6) is 11.5 Å². The van der Waals surface area contributed by atoms with Gasteiger partial charge in [-0.05, 0) is 92.0 Å². The molecule has 6 atom stereocenters. The Hall–Kier alpha value is -5.99. The average Bonchev–Trinajstić information content (AvgIpc) is 4.13. The minimum atomic E-state index is -0.714. The molecule has 15 nitrogen and oxygen atoms in total. The molecule has 0 radical (unpaired) electrons. The number of benzene rings is 2. The number of alkyl carbamates (subject to hydrolysis) is 1. The van der Waals surface area contributed by atoms with E-state index >= 15 is 0 Å². The van der Waals surface area contributed by atoms with Crippen molar-refractivity contribution in [3.63, 3.8) is 0 Å². The predicted molar refractivity (Wildman–Crippen MR) is 227 cm³/mol. The maximum absolute atomic E-state index is 14.1. The number of amides is 3. The van der Waals surface area contributed by atoms with Gasteiger partial charge in [0.25, 0.3) is 0 Å². The third-order valence-electron chi connectivity index (χ3n) is 13.9. The van der Waals surface area contributed by atoms with Crippen LogP contribution in [0.25, 0.3) is 33.6 Å². The lowest BCUT2D eigenvalue weighted by Crippen LogP contribution is -2.56. The molecule has 5 aliphatic rings. The molecule has 3 amide bonds. The first-order chi connectivity index (χ1) is 29.3. The highest BCUT2D eigenvalue weighted by molar-refractivity contribution is 5.87. The summed E-state index contributed by atoms with van der Waals surface area (Å²) in [6.45, 7) is 13.2. The molecule has 9 rings (SSSR count). The van der Waals surface area contributed by atoms with Gasteiger partial charge < -0.3 is 49.3 Å². The normalized spacial score (nSPS) is 24.4. The minimum absolute atomic E-state index is 0.0401. The Labute approximate surface area is 356 Å². The number of H-pyrrole nitrogens is 2. The first-order valence-corrected chi connectivity index (χ1v) is 21.5. The number of aromatic nitrogens is 4. The van der Waals surface area contributed by atoms with Crippen molar-refractivity contribution >= 4 is 17.9 Å². The Bertz CT molecular complexity index is 2350. The quantitative estimate of drug-likeness (QED) is 0.107. The molecule has 2 aromatic heterocycles. The number of aromatic amines is 2. The van der Waals surface area contributed by atoms with Gasteiger partial charge >= 0.3 is 6.09 Å². The predicted octanol–water partition coefficient (Wildman–Crippen LogP) is 6.65. The molecule has 2 aromatic carbocycles. The number of likely N-dealkylation sites (tertiary alicyclic amines) is 2. The van der Waals surface area contributed by atoms with Crippen molar-refractivity contribution in [3.8, 4) is 45.1 Å². The number of carbonyl (C=O) groups excluding carboxylic acids is 3. The summed E-state index contributed by atoms with van der Waals surface area (Å²) in [7, 11) is 2.85. The van der Waals surface area contributed by atoms with E-state index in [1.54, 1.807) is 13.3 Å². The number of hydrogen-bond donors (Lipinski definition) is 4. The van der Waals surface area contributed by atoms with Crippen molar-refractivity contribution < 1.29 is 33.3 Å². The van der Waals surface area contributed by atoms with Gasteiger partial charge in [0, 0.05) is 24.2 Å². The highest BCUT2D eigenvalue weighted by atomic mass is 16.7. The number of nitrogens with one attached hydrogen (secondary N) is 4. The zero-order chi connectivity index (χ0) is 42.8. The fourth-order valence-electron chi connectivity index (χ4n) is 10.7. The van der Waals surface area contributed by atoms with Crippen LogP contribution in [0.1, 0.15) is 77.9 Å². The van der Waals surface area contributed by atoms with Crippen molar-refractivity contribution in [2.24, 2.45) is 23.7 Å². The summed E-state index contributed by atoms with van der Waals surface area (Å²) in [5.74, 6) is 3.85. The first kappa shape index (κ1) is 40.4. The van der Waals surface area contributed by atoms with E-state index in [1.807, 2.05) is 55.8 Å². The number of fused-ring (bicyclic) bond motifs is 5. The number of carbonyl (C=O) groups is 3. The minimum Gasteiger partial charge on any atom is -0.483 e. The maximum Gasteiger partial charge on any atom is 0.407 e. The molecule has 4 N–H and O–H groups in total. The van der Waals surface area contributed by atoms with Crippen LogP contribution in [-0.2, 0) is 30.1 Å². The molecule has 4 bridgehead atoms. The summed E-state index contributed by atoms with van der Waals surface area (Å²) < 4.78 is 22.3. The van der Waals surface area contributed by atoms with Gasteiger partial charge in [0.15, 0.2) is 17.4 Å². The summed E-state index contributed by atoms with van der Waals surface area (Å²) in [5.41, 5.74) is 4.24. The van der Waals surface area contributed by atoms with E-state index < -0.39 is 29.3 Å². The summed E-state index contributed by atoms with van der Waals surface area (Å²) in [6.07, 6.45) is 8.46. The molecule has 15 heteroatoms. The van der Waals surface area contributed by atoms with E-state index in [2.05, 4.69) is 51.4 Å². The number of hydrogen-bond acceptors (Lipinski definition) is 10. The monoisotopic (exact) mass is 832 g/mol. The molecule has 2 saturated heterocycles. The van der Waals surface area contributed by atoms with Crippen LogP contribution in [-0.4, -0.2) is 93.8 Å². The molecular weight excluding hydrogens is 777 g/mol. The third-order valence-corrected chi connectivity index (χ3v) is 13.9. The van der Waals surface area contributed by atoms with Gasteiger partial charge in [-0.2, -0.15) is 0 Å². The standard InChI is InChI=1S/C46H56N8O7/c1-25(2)36(49-27(5)58-6)40(55)53-22-28-14-16-45(53,18-28)42-47-20-34(50-42)31-10-8-30(9-11-31)32-12-13-33(39-38(32)60-24-61-39)35-21-48-43(51-35)46-17-15-29(19-46)23-54(46)41(56)37(26(3)4)52-44(57)59-7/h8-13,20-21,25-26,28-29,36-37,49H,5,14-19,22-24H2,1-4,6-7H3,(H,47,50)(H,48,51)(H,52,57)/t28-,29-,36-,37-,45-,46-/m0/s1. The van der Waals surface area contributed by atoms with Gasteiger partial charge in [-0.15, -0.1) is 0 Å². The van der Waals surface area contributed by atoms with Gasteiger partial charge in [0.1, 0.15) is 34.8 Å². The molecule has 0 unspecified atom stereocenters. The first-order valence-electron chi connectivity index (χ1n) is 21.5. The van der Waals surface area contributed by atoms with Crippen molar-refractivity contribution in [2.75, 3.05) is 34.1 Å². The number of rotatable bonds is 13. The Balaban J connectivity index is 0.945. The lowest BCUT2D eigenvalue weighted by Gasteiger charge is -2.40. The maximum atomic E-state index is 14.1. The molecule has 0 spiro atoms. The number of methoxy groups -OCH3 is 2. The van der Waals surface area contributed by atoms with Crippen LogP contribution in [0.4, 0.5) is 4.79 Å². The van der Waals surface area contributed by atoms with Crippen molar-refractivity contribution in [3.05, 3.63) is 72.9 Å². The van der Waals surface area contributed by atoms with Crippen LogP contribution >= 0.6 is 0 Å². The molecule has 5 heterocycles. The molecule has 4 aromatic rings. The lowest BCUT2D eigenvalue weighted by atomic mass is 9.93.